The first kappa shape index (κ1) is 17.5. The van der Waals surface area contributed by atoms with E-state index in [-0.39, 0.29) is 5.97 Å². The summed E-state index contributed by atoms with van der Waals surface area (Å²) in [5, 5.41) is 0. The highest BCUT2D eigenvalue weighted by Crippen LogP contribution is 2.34. The third-order valence-electron chi connectivity index (χ3n) is 5.04. The van der Waals surface area contributed by atoms with Gasteiger partial charge < -0.3 is 9.64 Å². The molecule has 2 aromatic carbocycles. The van der Waals surface area contributed by atoms with Gasteiger partial charge in [0.05, 0.1) is 11.3 Å². The van der Waals surface area contributed by atoms with Gasteiger partial charge in [0.2, 0.25) is 0 Å². The number of ether oxygens (including phenoxy) is 1. The molecule has 0 N–H and O–H groups in total. The van der Waals surface area contributed by atoms with Crippen molar-refractivity contribution in [3.05, 3.63) is 65.2 Å². The lowest BCUT2D eigenvalue weighted by atomic mass is 9.82. The summed E-state index contributed by atoms with van der Waals surface area (Å²) in [6.45, 7) is 8.96. The number of carbonyl (C=O) groups is 1. The van der Waals surface area contributed by atoms with Crippen LogP contribution in [-0.2, 0) is 11.3 Å². The van der Waals surface area contributed by atoms with Gasteiger partial charge in [0.1, 0.15) is 6.61 Å². The van der Waals surface area contributed by atoms with E-state index in [1.165, 1.54) is 5.56 Å². The van der Waals surface area contributed by atoms with Crippen molar-refractivity contribution in [1.82, 2.24) is 0 Å². The first-order chi connectivity index (χ1) is 11.9. The highest BCUT2D eigenvalue weighted by atomic mass is 16.5. The minimum atomic E-state index is -0.247. The van der Waals surface area contributed by atoms with Crippen LogP contribution in [0.2, 0.25) is 0 Å². The number of piperidine rings is 1. The molecule has 3 heteroatoms. The van der Waals surface area contributed by atoms with E-state index in [1.807, 2.05) is 42.5 Å². The zero-order chi connectivity index (χ0) is 17.9. The molecule has 0 atom stereocenters. The first-order valence-corrected chi connectivity index (χ1v) is 9.01. The van der Waals surface area contributed by atoms with Crippen LogP contribution in [0.4, 0.5) is 5.69 Å². The van der Waals surface area contributed by atoms with Crippen molar-refractivity contribution in [1.29, 1.82) is 0 Å². The third kappa shape index (κ3) is 4.41. The van der Waals surface area contributed by atoms with Gasteiger partial charge in [0, 0.05) is 13.1 Å². The number of hydrogen-bond acceptors (Lipinski definition) is 3. The minimum absolute atomic E-state index is 0.247. The second kappa shape index (κ2) is 7.30. The lowest BCUT2D eigenvalue weighted by Crippen LogP contribution is -2.38. The lowest BCUT2D eigenvalue weighted by Gasteiger charge is -2.38. The average molecular weight is 337 g/mol. The molecule has 3 rings (SSSR count). The second-order valence-electron chi connectivity index (χ2n) is 7.73. The van der Waals surface area contributed by atoms with Gasteiger partial charge in [-0.05, 0) is 48.4 Å². The van der Waals surface area contributed by atoms with E-state index < -0.39 is 0 Å². The van der Waals surface area contributed by atoms with Crippen LogP contribution in [0.5, 0.6) is 0 Å². The Bertz CT molecular complexity index is 727. The number of aryl methyl sites for hydroxylation is 1. The number of nitrogens with zero attached hydrogens (tertiary/aromatic N) is 1. The van der Waals surface area contributed by atoms with Crippen LogP contribution >= 0.6 is 0 Å². The lowest BCUT2D eigenvalue weighted by molar-refractivity contribution is 0.0473. The fourth-order valence-corrected chi connectivity index (χ4v) is 3.23. The summed E-state index contributed by atoms with van der Waals surface area (Å²) in [6, 6.07) is 15.8. The van der Waals surface area contributed by atoms with Gasteiger partial charge in [-0.25, -0.2) is 4.79 Å². The first-order valence-electron chi connectivity index (χ1n) is 9.01. The maximum absolute atomic E-state index is 12.7. The van der Waals surface area contributed by atoms with Gasteiger partial charge in [-0.2, -0.15) is 0 Å². The molecule has 3 nitrogen and oxygen atoms in total. The monoisotopic (exact) mass is 337 g/mol. The van der Waals surface area contributed by atoms with Crippen LogP contribution < -0.4 is 4.90 Å². The third-order valence-corrected chi connectivity index (χ3v) is 5.04. The average Bonchev–Trinajstić information content (AvgIpc) is 2.60. The molecule has 0 aliphatic carbocycles. The Labute approximate surface area is 150 Å². The molecule has 1 saturated heterocycles. The van der Waals surface area contributed by atoms with Gasteiger partial charge in [-0.15, -0.1) is 0 Å². The normalized spacial score (nSPS) is 16.5. The Morgan fingerprint density at radius 3 is 2.44 bits per heavy atom. The highest BCUT2D eigenvalue weighted by molar-refractivity contribution is 5.96. The molecule has 0 spiro atoms. The van der Waals surface area contributed by atoms with E-state index in [0.717, 1.165) is 37.2 Å². The zero-order valence-corrected chi connectivity index (χ0v) is 15.4. The molecule has 25 heavy (non-hydrogen) atoms. The fourth-order valence-electron chi connectivity index (χ4n) is 3.23. The van der Waals surface area contributed by atoms with Crippen LogP contribution in [0.25, 0.3) is 0 Å². The standard InChI is InChI=1S/C22H27NO2/c1-17-9-10-19(21(24)25-16-18-7-5-4-6-8-18)20(15-17)23-13-11-22(2,3)12-14-23/h4-10,15H,11-14,16H2,1-3H3. The molecule has 0 amide bonds. The summed E-state index contributed by atoms with van der Waals surface area (Å²) in [5.41, 5.74) is 4.23. The quantitative estimate of drug-likeness (QED) is 0.737. The molecule has 1 heterocycles. The largest absolute Gasteiger partial charge is 0.457 e. The summed E-state index contributed by atoms with van der Waals surface area (Å²) in [5.74, 6) is -0.247. The Hall–Kier alpha value is -2.29. The van der Waals surface area contributed by atoms with Gasteiger partial charge in [-0.1, -0.05) is 50.2 Å². The Balaban J connectivity index is 1.76. The SMILES string of the molecule is Cc1ccc(C(=O)OCc2ccccc2)c(N2CCC(C)(C)CC2)c1. The molecule has 0 aromatic heterocycles. The molecule has 2 aromatic rings. The van der Waals surface area contributed by atoms with Gasteiger partial charge in [-0.3, -0.25) is 0 Å². The molecular formula is C22H27NO2. The molecule has 0 unspecified atom stereocenters. The summed E-state index contributed by atoms with van der Waals surface area (Å²) < 4.78 is 5.56. The van der Waals surface area contributed by atoms with E-state index >= 15 is 0 Å². The number of hydrogen-bond donors (Lipinski definition) is 0. The molecule has 132 valence electrons. The van der Waals surface area contributed by atoms with Crippen LogP contribution in [0.3, 0.4) is 0 Å². The summed E-state index contributed by atoms with van der Waals surface area (Å²) in [6.07, 6.45) is 2.28. The van der Waals surface area contributed by atoms with Gasteiger partial charge >= 0.3 is 5.97 Å². The maximum atomic E-state index is 12.7. The Kier molecular flexibility index (Phi) is 5.12. The zero-order valence-electron chi connectivity index (χ0n) is 15.4. The predicted molar refractivity (Wildman–Crippen MR) is 102 cm³/mol. The molecular weight excluding hydrogens is 310 g/mol. The van der Waals surface area contributed by atoms with Crippen LogP contribution in [0, 0.1) is 12.3 Å². The van der Waals surface area contributed by atoms with Crippen molar-refractivity contribution >= 4 is 11.7 Å². The van der Waals surface area contributed by atoms with Crippen LogP contribution in [0.1, 0.15) is 48.2 Å². The van der Waals surface area contributed by atoms with E-state index in [2.05, 4.69) is 31.7 Å². The number of benzene rings is 2. The fraction of sp³-hybridized carbons (Fsp3) is 0.409. The smallest absolute Gasteiger partial charge is 0.340 e. The van der Waals surface area contributed by atoms with Crippen molar-refractivity contribution in [3.8, 4) is 0 Å². The van der Waals surface area contributed by atoms with Crippen LogP contribution in [0.15, 0.2) is 48.5 Å². The van der Waals surface area contributed by atoms with Crippen molar-refractivity contribution in [3.63, 3.8) is 0 Å². The van der Waals surface area contributed by atoms with E-state index in [0.29, 0.717) is 17.6 Å². The second-order valence-corrected chi connectivity index (χ2v) is 7.73. The Morgan fingerprint density at radius 1 is 1.08 bits per heavy atom. The predicted octanol–water partition coefficient (Wildman–Crippen LogP) is 4.98. The molecule has 1 aliphatic heterocycles. The van der Waals surface area contributed by atoms with Gasteiger partial charge in [0.15, 0.2) is 0 Å². The van der Waals surface area contributed by atoms with Gasteiger partial charge in [0.25, 0.3) is 0 Å². The van der Waals surface area contributed by atoms with Crippen molar-refractivity contribution in [2.24, 2.45) is 5.41 Å². The summed E-state index contributed by atoms with van der Waals surface area (Å²) >= 11 is 0. The van der Waals surface area contributed by atoms with E-state index in [1.54, 1.807) is 0 Å². The molecule has 0 radical (unpaired) electrons. The van der Waals surface area contributed by atoms with E-state index in [4.69, 9.17) is 4.74 Å². The minimum Gasteiger partial charge on any atom is -0.457 e. The summed E-state index contributed by atoms with van der Waals surface area (Å²) in [4.78, 5) is 15.0. The number of anilines is 1. The molecule has 1 aliphatic rings. The highest BCUT2D eigenvalue weighted by Gasteiger charge is 2.27. The van der Waals surface area contributed by atoms with Crippen molar-refractivity contribution < 1.29 is 9.53 Å². The molecule has 1 fully saturated rings. The van der Waals surface area contributed by atoms with E-state index in [9.17, 15) is 4.79 Å². The van der Waals surface area contributed by atoms with Crippen LogP contribution in [-0.4, -0.2) is 19.1 Å². The maximum Gasteiger partial charge on any atom is 0.340 e. The topological polar surface area (TPSA) is 29.5 Å². The Morgan fingerprint density at radius 2 is 1.76 bits per heavy atom. The van der Waals surface area contributed by atoms with Crippen molar-refractivity contribution in [2.45, 2.75) is 40.2 Å². The number of esters is 1. The molecule has 0 saturated carbocycles. The summed E-state index contributed by atoms with van der Waals surface area (Å²) in [7, 11) is 0. The number of carbonyl (C=O) groups excluding carboxylic acids is 1. The number of rotatable bonds is 4. The van der Waals surface area contributed by atoms with Crippen molar-refractivity contribution in [2.75, 3.05) is 18.0 Å². The molecule has 0 bridgehead atoms.